The summed E-state index contributed by atoms with van der Waals surface area (Å²) in [6.45, 7) is 0.563. The fraction of sp³-hybridized carbons (Fsp3) is 0.429. The van der Waals surface area contributed by atoms with Gasteiger partial charge < -0.3 is 5.11 Å². The lowest BCUT2D eigenvalue weighted by Gasteiger charge is -2.24. The smallest absolute Gasteiger partial charge is 0.229 e. The van der Waals surface area contributed by atoms with Crippen molar-refractivity contribution in [2.24, 2.45) is 0 Å². The third kappa shape index (κ3) is 3.09. The van der Waals surface area contributed by atoms with E-state index in [1.165, 1.54) is 4.90 Å². The number of aromatic hydroxyl groups is 1. The van der Waals surface area contributed by atoms with Gasteiger partial charge in [-0.1, -0.05) is 12.1 Å². The molecule has 18 heavy (non-hydrogen) atoms. The van der Waals surface area contributed by atoms with Crippen LogP contribution in [0.3, 0.4) is 0 Å². The van der Waals surface area contributed by atoms with Crippen molar-refractivity contribution in [3.8, 4) is 5.75 Å². The van der Waals surface area contributed by atoms with E-state index in [-0.39, 0.29) is 17.6 Å². The van der Waals surface area contributed by atoms with Gasteiger partial charge in [-0.15, -0.1) is 0 Å². The summed E-state index contributed by atoms with van der Waals surface area (Å²) in [7, 11) is 0. The first kappa shape index (κ1) is 12.6. The summed E-state index contributed by atoms with van der Waals surface area (Å²) in [4.78, 5) is 24.8. The molecule has 0 spiro atoms. The molecule has 96 valence electrons. The quantitative estimate of drug-likeness (QED) is 0.887. The van der Waals surface area contributed by atoms with Crippen LogP contribution in [-0.4, -0.2) is 28.4 Å². The molecular formula is C14H17NO3. The number of phenols is 1. The molecule has 0 radical (unpaired) electrons. The largest absolute Gasteiger partial charge is 0.508 e. The molecule has 4 nitrogen and oxygen atoms in total. The summed E-state index contributed by atoms with van der Waals surface area (Å²) in [5, 5.41) is 9.15. The molecule has 1 aromatic carbocycles. The van der Waals surface area contributed by atoms with Crippen molar-refractivity contribution in [1.29, 1.82) is 0 Å². The Morgan fingerprint density at radius 2 is 1.94 bits per heavy atom. The molecule has 1 N–H and O–H groups in total. The number of aryl methyl sites for hydroxylation is 1. The highest BCUT2D eigenvalue weighted by Gasteiger charge is 2.23. The monoisotopic (exact) mass is 247 g/mol. The van der Waals surface area contributed by atoms with Gasteiger partial charge in [-0.25, -0.2) is 0 Å². The second kappa shape index (κ2) is 5.67. The van der Waals surface area contributed by atoms with Crippen molar-refractivity contribution in [1.82, 2.24) is 4.90 Å². The average Bonchev–Trinajstić information content (AvgIpc) is 2.38. The van der Waals surface area contributed by atoms with Gasteiger partial charge in [0.05, 0.1) is 0 Å². The SMILES string of the molecule is O=C1CCCCN1C(=O)CCc1ccc(O)cc1. The second-order valence-electron chi connectivity index (χ2n) is 4.56. The molecule has 0 aliphatic carbocycles. The summed E-state index contributed by atoms with van der Waals surface area (Å²) >= 11 is 0. The van der Waals surface area contributed by atoms with Crippen LogP contribution in [0, 0.1) is 0 Å². The van der Waals surface area contributed by atoms with Crippen LogP contribution >= 0.6 is 0 Å². The van der Waals surface area contributed by atoms with E-state index in [1.54, 1.807) is 24.3 Å². The molecule has 0 atom stereocenters. The highest BCUT2D eigenvalue weighted by Crippen LogP contribution is 2.14. The van der Waals surface area contributed by atoms with Gasteiger partial charge in [-0.3, -0.25) is 14.5 Å². The molecule has 1 aliphatic heterocycles. The summed E-state index contributed by atoms with van der Waals surface area (Å²) in [6, 6.07) is 6.79. The predicted molar refractivity (Wildman–Crippen MR) is 67.0 cm³/mol. The molecule has 1 aliphatic rings. The van der Waals surface area contributed by atoms with E-state index in [2.05, 4.69) is 0 Å². The molecule has 1 aromatic rings. The van der Waals surface area contributed by atoms with Crippen molar-refractivity contribution in [3.63, 3.8) is 0 Å². The highest BCUT2D eigenvalue weighted by atomic mass is 16.3. The van der Waals surface area contributed by atoms with E-state index >= 15 is 0 Å². The summed E-state index contributed by atoms with van der Waals surface area (Å²) in [6.07, 6.45) is 3.24. The molecule has 4 heteroatoms. The third-order valence-electron chi connectivity index (χ3n) is 3.19. The van der Waals surface area contributed by atoms with Crippen LogP contribution in [0.1, 0.15) is 31.2 Å². The number of imide groups is 1. The van der Waals surface area contributed by atoms with Crippen molar-refractivity contribution >= 4 is 11.8 Å². The Labute approximate surface area is 106 Å². The maximum atomic E-state index is 11.9. The maximum absolute atomic E-state index is 11.9. The van der Waals surface area contributed by atoms with Crippen LogP contribution in [0.4, 0.5) is 0 Å². The Hall–Kier alpha value is -1.84. The van der Waals surface area contributed by atoms with Gasteiger partial charge in [0.15, 0.2) is 0 Å². The van der Waals surface area contributed by atoms with Gasteiger partial charge >= 0.3 is 0 Å². The zero-order valence-electron chi connectivity index (χ0n) is 10.3. The summed E-state index contributed by atoms with van der Waals surface area (Å²) in [5.74, 6) is 0.0843. The molecule has 0 bridgehead atoms. The minimum Gasteiger partial charge on any atom is -0.508 e. The summed E-state index contributed by atoms with van der Waals surface area (Å²) < 4.78 is 0. The third-order valence-corrected chi connectivity index (χ3v) is 3.19. The summed E-state index contributed by atoms with van der Waals surface area (Å²) in [5.41, 5.74) is 0.991. The van der Waals surface area contributed by atoms with Crippen LogP contribution in [0.25, 0.3) is 0 Å². The van der Waals surface area contributed by atoms with Crippen molar-refractivity contribution in [3.05, 3.63) is 29.8 Å². The molecule has 2 amide bonds. The Balaban J connectivity index is 1.87. The van der Waals surface area contributed by atoms with Crippen molar-refractivity contribution in [2.75, 3.05) is 6.54 Å². The number of hydrogen-bond donors (Lipinski definition) is 1. The lowest BCUT2D eigenvalue weighted by molar-refractivity contribution is -0.146. The fourth-order valence-electron chi connectivity index (χ4n) is 2.12. The zero-order valence-corrected chi connectivity index (χ0v) is 10.3. The van der Waals surface area contributed by atoms with Gasteiger partial charge in [0, 0.05) is 19.4 Å². The molecule has 0 aromatic heterocycles. The number of benzene rings is 1. The number of rotatable bonds is 3. The van der Waals surface area contributed by atoms with E-state index in [1.807, 2.05) is 0 Å². The molecule has 1 heterocycles. The first-order valence-electron chi connectivity index (χ1n) is 6.28. The van der Waals surface area contributed by atoms with Crippen LogP contribution in [0.2, 0.25) is 0 Å². The van der Waals surface area contributed by atoms with E-state index in [9.17, 15) is 9.59 Å². The van der Waals surface area contributed by atoms with Gasteiger partial charge in [0.1, 0.15) is 5.75 Å². The Bertz CT molecular complexity index is 439. The molecule has 1 fully saturated rings. The zero-order chi connectivity index (χ0) is 13.0. The first-order valence-corrected chi connectivity index (χ1v) is 6.28. The van der Waals surface area contributed by atoms with Crippen molar-refractivity contribution in [2.45, 2.75) is 32.1 Å². The molecule has 2 rings (SSSR count). The number of hydrogen-bond acceptors (Lipinski definition) is 3. The van der Waals surface area contributed by atoms with Crippen LogP contribution in [-0.2, 0) is 16.0 Å². The second-order valence-corrected chi connectivity index (χ2v) is 4.56. The van der Waals surface area contributed by atoms with Crippen LogP contribution < -0.4 is 0 Å². The molecule has 0 saturated carbocycles. The Kier molecular flexibility index (Phi) is 3.97. The maximum Gasteiger partial charge on any atom is 0.229 e. The number of nitrogens with zero attached hydrogens (tertiary/aromatic N) is 1. The van der Waals surface area contributed by atoms with Crippen molar-refractivity contribution < 1.29 is 14.7 Å². The fourth-order valence-corrected chi connectivity index (χ4v) is 2.12. The van der Waals surface area contributed by atoms with Crippen LogP contribution in [0.15, 0.2) is 24.3 Å². The predicted octanol–water partition coefficient (Wildman–Crippen LogP) is 1.86. The van der Waals surface area contributed by atoms with Gasteiger partial charge in [-0.2, -0.15) is 0 Å². The number of carbonyl (C=O) groups is 2. The van der Waals surface area contributed by atoms with Crippen LogP contribution in [0.5, 0.6) is 5.75 Å². The number of carbonyl (C=O) groups excluding carboxylic acids is 2. The van der Waals surface area contributed by atoms with E-state index < -0.39 is 0 Å². The van der Waals surface area contributed by atoms with Gasteiger partial charge in [0.25, 0.3) is 0 Å². The van der Waals surface area contributed by atoms with E-state index in [0.29, 0.717) is 25.8 Å². The standard InChI is InChI=1S/C14H17NO3/c16-12-7-4-11(5-8-12)6-9-14(18)15-10-2-1-3-13(15)17/h4-5,7-8,16H,1-3,6,9-10H2. The first-order chi connectivity index (χ1) is 8.66. The van der Waals surface area contributed by atoms with E-state index in [4.69, 9.17) is 5.11 Å². The minimum absolute atomic E-state index is 0.0445. The molecule has 0 unspecified atom stereocenters. The number of amides is 2. The lowest BCUT2D eigenvalue weighted by atomic mass is 10.1. The molecule has 1 saturated heterocycles. The minimum atomic E-state index is -0.0900. The Morgan fingerprint density at radius 1 is 1.22 bits per heavy atom. The highest BCUT2D eigenvalue weighted by molar-refractivity contribution is 5.95. The normalized spacial score (nSPS) is 15.8. The Morgan fingerprint density at radius 3 is 2.61 bits per heavy atom. The van der Waals surface area contributed by atoms with Gasteiger partial charge in [-0.05, 0) is 37.0 Å². The number of likely N-dealkylation sites (tertiary alicyclic amines) is 1. The topological polar surface area (TPSA) is 57.6 Å². The lowest BCUT2D eigenvalue weighted by Crippen LogP contribution is -2.40. The van der Waals surface area contributed by atoms with E-state index in [0.717, 1.165) is 18.4 Å². The average molecular weight is 247 g/mol. The molecular weight excluding hydrogens is 230 g/mol. The van der Waals surface area contributed by atoms with Gasteiger partial charge in [0.2, 0.25) is 11.8 Å². The number of piperidine rings is 1. The number of phenolic OH excluding ortho intramolecular Hbond substituents is 1.